The molecule has 2 aromatic rings. The van der Waals surface area contributed by atoms with Gasteiger partial charge in [0.2, 0.25) is 0 Å². The monoisotopic (exact) mass is 367 g/mol. The van der Waals surface area contributed by atoms with E-state index in [1.807, 2.05) is 28.8 Å². The molecule has 0 saturated carbocycles. The van der Waals surface area contributed by atoms with Gasteiger partial charge in [0.25, 0.3) is 5.91 Å². The molecule has 1 fully saturated rings. The SMILES string of the molecule is Cc1ccc(OCC2CCCN(C(=O)c3nn(C)c4c3CCCC4)C2)cc1. The number of benzene rings is 1. The van der Waals surface area contributed by atoms with E-state index < -0.39 is 0 Å². The highest BCUT2D eigenvalue weighted by Crippen LogP contribution is 2.26. The summed E-state index contributed by atoms with van der Waals surface area (Å²) >= 11 is 0. The van der Waals surface area contributed by atoms with Crippen LogP contribution in [0, 0.1) is 12.8 Å². The van der Waals surface area contributed by atoms with Gasteiger partial charge in [-0.3, -0.25) is 9.48 Å². The number of aryl methyl sites for hydroxylation is 2. The molecule has 5 nitrogen and oxygen atoms in total. The van der Waals surface area contributed by atoms with Crippen LogP contribution in [0.5, 0.6) is 5.75 Å². The van der Waals surface area contributed by atoms with Gasteiger partial charge in [-0.15, -0.1) is 0 Å². The number of hydrogen-bond acceptors (Lipinski definition) is 3. The first kappa shape index (κ1) is 18.1. The Kier molecular flexibility index (Phi) is 5.19. The summed E-state index contributed by atoms with van der Waals surface area (Å²) in [5.41, 5.74) is 4.36. The molecule has 0 N–H and O–H groups in total. The molecule has 4 rings (SSSR count). The number of aromatic nitrogens is 2. The topological polar surface area (TPSA) is 47.4 Å². The van der Waals surface area contributed by atoms with Crippen molar-refractivity contribution in [2.45, 2.75) is 45.4 Å². The maximum atomic E-state index is 13.2. The minimum atomic E-state index is 0.105. The Morgan fingerprint density at radius 1 is 1.19 bits per heavy atom. The normalized spacial score (nSPS) is 19.6. The Morgan fingerprint density at radius 2 is 1.96 bits per heavy atom. The van der Waals surface area contributed by atoms with Crippen molar-refractivity contribution in [1.82, 2.24) is 14.7 Å². The molecule has 27 heavy (non-hydrogen) atoms. The molecule has 1 atom stereocenters. The number of carbonyl (C=O) groups is 1. The number of piperidine rings is 1. The van der Waals surface area contributed by atoms with Gasteiger partial charge in [0, 0.05) is 37.3 Å². The average molecular weight is 367 g/mol. The zero-order valence-electron chi connectivity index (χ0n) is 16.4. The second kappa shape index (κ2) is 7.75. The number of amides is 1. The van der Waals surface area contributed by atoms with Crippen molar-refractivity contribution in [3.05, 3.63) is 46.8 Å². The maximum Gasteiger partial charge on any atom is 0.274 e. The summed E-state index contributed by atoms with van der Waals surface area (Å²) in [5, 5.41) is 4.59. The fraction of sp³-hybridized carbons (Fsp3) is 0.545. The summed E-state index contributed by atoms with van der Waals surface area (Å²) in [6, 6.07) is 8.16. The van der Waals surface area contributed by atoms with Crippen LogP contribution in [0.2, 0.25) is 0 Å². The lowest BCUT2D eigenvalue weighted by atomic mass is 9.94. The van der Waals surface area contributed by atoms with Gasteiger partial charge in [-0.25, -0.2) is 0 Å². The van der Waals surface area contributed by atoms with Crippen LogP contribution in [0.15, 0.2) is 24.3 Å². The Balaban J connectivity index is 1.40. The van der Waals surface area contributed by atoms with Gasteiger partial charge in [-0.05, 0) is 57.6 Å². The highest BCUT2D eigenvalue weighted by molar-refractivity contribution is 5.94. The van der Waals surface area contributed by atoms with Crippen molar-refractivity contribution in [3.8, 4) is 5.75 Å². The van der Waals surface area contributed by atoms with Gasteiger partial charge in [0.15, 0.2) is 5.69 Å². The van der Waals surface area contributed by atoms with Crippen LogP contribution in [-0.4, -0.2) is 40.3 Å². The molecule has 1 aromatic carbocycles. The summed E-state index contributed by atoms with van der Waals surface area (Å²) in [7, 11) is 1.97. The number of nitrogens with zero attached hydrogens (tertiary/aromatic N) is 3. The third kappa shape index (κ3) is 3.87. The second-order valence-electron chi connectivity index (χ2n) is 7.99. The van der Waals surface area contributed by atoms with Crippen molar-refractivity contribution < 1.29 is 9.53 Å². The molecule has 5 heteroatoms. The van der Waals surface area contributed by atoms with E-state index >= 15 is 0 Å². The molecule has 0 radical (unpaired) electrons. The van der Waals surface area contributed by atoms with Crippen LogP contribution in [0.3, 0.4) is 0 Å². The van der Waals surface area contributed by atoms with Crippen LogP contribution in [0.25, 0.3) is 0 Å². The molecule has 0 spiro atoms. The van der Waals surface area contributed by atoms with Crippen molar-refractivity contribution in [2.75, 3.05) is 19.7 Å². The molecule has 2 heterocycles. The molecule has 2 aliphatic rings. The lowest BCUT2D eigenvalue weighted by molar-refractivity contribution is 0.0625. The molecule has 1 aliphatic carbocycles. The first-order chi connectivity index (χ1) is 13.1. The Bertz CT molecular complexity index is 810. The minimum Gasteiger partial charge on any atom is -0.493 e. The number of likely N-dealkylation sites (tertiary alicyclic amines) is 1. The zero-order valence-corrected chi connectivity index (χ0v) is 16.4. The molecule has 1 saturated heterocycles. The molecular formula is C22H29N3O2. The van der Waals surface area contributed by atoms with Crippen molar-refractivity contribution in [2.24, 2.45) is 13.0 Å². The smallest absolute Gasteiger partial charge is 0.274 e. The van der Waals surface area contributed by atoms with E-state index in [2.05, 4.69) is 24.2 Å². The number of fused-ring (bicyclic) bond motifs is 1. The van der Waals surface area contributed by atoms with E-state index in [1.54, 1.807) is 0 Å². The van der Waals surface area contributed by atoms with Gasteiger partial charge in [0.1, 0.15) is 5.75 Å². The van der Waals surface area contributed by atoms with Crippen LogP contribution in [0.1, 0.15) is 53.0 Å². The first-order valence-electron chi connectivity index (χ1n) is 10.2. The van der Waals surface area contributed by atoms with Gasteiger partial charge in [0.05, 0.1) is 6.61 Å². The van der Waals surface area contributed by atoms with Crippen LogP contribution < -0.4 is 4.74 Å². The Hall–Kier alpha value is -2.30. The summed E-state index contributed by atoms with van der Waals surface area (Å²) in [6.07, 6.45) is 6.52. The molecule has 0 bridgehead atoms. The molecule has 1 aliphatic heterocycles. The highest BCUT2D eigenvalue weighted by atomic mass is 16.5. The zero-order chi connectivity index (χ0) is 18.8. The average Bonchev–Trinajstić information content (AvgIpc) is 3.04. The molecule has 1 unspecified atom stereocenters. The fourth-order valence-electron chi connectivity index (χ4n) is 4.33. The van der Waals surface area contributed by atoms with E-state index in [9.17, 15) is 4.79 Å². The van der Waals surface area contributed by atoms with Gasteiger partial charge < -0.3 is 9.64 Å². The number of hydrogen-bond donors (Lipinski definition) is 0. The maximum absolute atomic E-state index is 13.2. The third-order valence-electron chi connectivity index (χ3n) is 5.88. The second-order valence-corrected chi connectivity index (χ2v) is 7.99. The van der Waals surface area contributed by atoms with Gasteiger partial charge >= 0.3 is 0 Å². The van der Waals surface area contributed by atoms with Crippen molar-refractivity contribution in [1.29, 1.82) is 0 Å². The van der Waals surface area contributed by atoms with E-state index in [-0.39, 0.29) is 5.91 Å². The fourth-order valence-corrected chi connectivity index (χ4v) is 4.33. The lowest BCUT2D eigenvalue weighted by Crippen LogP contribution is -2.42. The Labute approximate surface area is 161 Å². The van der Waals surface area contributed by atoms with Crippen LogP contribution in [-0.2, 0) is 19.9 Å². The van der Waals surface area contributed by atoms with Crippen LogP contribution >= 0.6 is 0 Å². The molecular weight excluding hydrogens is 338 g/mol. The lowest BCUT2D eigenvalue weighted by Gasteiger charge is -2.32. The summed E-state index contributed by atoms with van der Waals surface area (Å²) in [4.78, 5) is 15.1. The quantitative estimate of drug-likeness (QED) is 0.830. The van der Waals surface area contributed by atoms with Gasteiger partial charge in [-0.1, -0.05) is 17.7 Å². The minimum absolute atomic E-state index is 0.105. The molecule has 1 amide bonds. The predicted octanol–water partition coefficient (Wildman–Crippen LogP) is 3.54. The standard InChI is InChI=1S/C22H29N3O2/c1-16-9-11-18(12-10-16)27-15-17-6-5-13-25(14-17)22(26)21-19-7-3-4-8-20(19)24(2)23-21/h9-12,17H,3-8,13-15H2,1-2H3. The van der Waals surface area contributed by atoms with Gasteiger partial charge in [-0.2, -0.15) is 5.10 Å². The van der Waals surface area contributed by atoms with E-state index in [0.717, 1.165) is 50.9 Å². The van der Waals surface area contributed by atoms with E-state index in [1.165, 1.54) is 23.2 Å². The number of ether oxygens (including phenoxy) is 1. The third-order valence-corrected chi connectivity index (χ3v) is 5.88. The summed E-state index contributed by atoms with van der Waals surface area (Å²) < 4.78 is 7.89. The van der Waals surface area contributed by atoms with Crippen molar-refractivity contribution in [3.63, 3.8) is 0 Å². The Morgan fingerprint density at radius 3 is 2.78 bits per heavy atom. The summed E-state index contributed by atoms with van der Waals surface area (Å²) in [6.45, 7) is 4.32. The predicted molar refractivity (Wildman–Crippen MR) is 105 cm³/mol. The first-order valence-corrected chi connectivity index (χ1v) is 10.2. The van der Waals surface area contributed by atoms with E-state index in [0.29, 0.717) is 18.2 Å². The molecule has 1 aromatic heterocycles. The molecule has 144 valence electrons. The van der Waals surface area contributed by atoms with Crippen molar-refractivity contribution >= 4 is 5.91 Å². The van der Waals surface area contributed by atoms with E-state index in [4.69, 9.17) is 4.74 Å². The largest absolute Gasteiger partial charge is 0.493 e. The highest BCUT2D eigenvalue weighted by Gasteiger charge is 2.30. The van der Waals surface area contributed by atoms with Crippen LogP contribution in [0.4, 0.5) is 0 Å². The number of carbonyl (C=O) groups excluding carboxylic acids is 1. The summed E-state index contributed by atoms with van der Waals surface area (Å²) in [5.74, 6) is 1.39. The number of rotatable bonds is 4.